The molecule has 2 rings (SSSR count). The first-order valence-electron chi connectivity index (χ1n) is 7.32. The van der Waals surface area contributed by atoms with Gasteiger partial charge in [-0.1, -0.05) is 43.7 Å². The molecule has 0 spiro atoms. The summed E-state index contributed by atoms with van der Waals surface area (Å²) in [6.45, 7) is 0. The summed E-state index contributed by atoms with van der Waals surface area (Å²) in [6.07, 6.45) is 8.00. The van der Waals surface area contributed by atoms with Crippen LogP contribution < -0.4 is 4.74 Å². The molecular formula is C16H22BrClO2. The minimum Gasteiger partial charge on any atom is -0.495 e. The Kier molecular flexibility index (Phi) is 6.19. The predicted octanol–water partition coefficient (Wildman–Crippen LogP) is 5.51. The fourth-order valence-corrected chi connectivity index (χ4v) is 4.06. The highest BCUT2D eigenvalue weighted by Gasteiger charge is 2.20. The third kappa shape index (κ3) is 4.12. The van der Waals surface area contributed by atoms with E-state index in [4.69, 9.17) is 16.3 Å². The van der Waals surface area contributed by atoms with Crippen LogP contribution in [0.3, 0.4) is 0 Å². The molecule has 0 saturated heterocycles. The van der Waals surface area contributed by atoms with Gasteiger partial charge in [-0.05, 0) is 46.8 Å². The number of methoxy groups -OCH3 is 1. The number of hydrogen-bond acceptors (Lipinski definition) is 2. The maximum atomic E-state index is 10.5. The highest BCUT2D eigenvalue weighted by molar-refractivity contribution is 9.10. The predicted molar refractivity (Wildman–Crippen MR) is 86.5 cm³/mol. The van der Waals surface area contributed by atoms with Crippen molar-refractivity contribution in [2.24, 2.45) is 5.92 Å². The number of ether oxygens (including phenoxy) is 1. The number of halogens is 2. The zero-order chi connectivity index (χ0) is 14.5. The van der Waals surface area contributed by atoms with Gasteiger partial charge in [0.2, 0.25) is 0 Å². The average molecular weight is 362 g/mol. The van der Waals surface area contributed by atoms with Crippen LogP contribution in [0, 0.1) is 5.92 Å². The van der Waals surface area contributed by atoms with E-state index in [0.29, 0.717) is 10.8 Å². The van der Waals surface area contributed by atoms with E-state index < -0.39 is 6.10 Å². The van der Waals surface area contributed by atoms with Crippen molar-refractivity contribution in [2.75, 3.05) is 7.11 Å². The minimum atomic E-state index is -0.512. The third-order valence-corrected chi connectivity index (χ3v) is 4.98. The third-order valence-electron chi connectivity index (χ3n) is 4.17. The van der Waals surface area contributed by atoms with E-state index >= 15 is 0 Å². The Morgan fingerprint density at radius 3 is 2.70 bits per heavy atom. The van der Waals surface area contributed by atoms with Gasteiger partial charge in [0.05, 0.1) is 17.7 Å². The van der Waals surface area contributed by atoms with Crippen LogP contribution >= 0.6 is 27.5 Å². The number of aliphatic hydroxyl groups excluding tert-OH is 1. The van der Waals surface area contributed by atoms with Gasteiger partial charge >= 0.3 is 0 Å². The Balaban J connectivity index is 2.02. The largest absolute Gasteiger partial charge is 0.495 e. The lowest BCUT2D eigenvalue weighted by molar-refractivity contribution is 0.148. The highest BCUT2D eigenvalue weighted by Crippen LogP contribution is 2.38. The molecule has 0 amide bonds. The van der Waals surface area contributed by atoms with Gasteiger partial charge in [-0.25, -0.2) is 0 Å². The van der Waals surface area contributed by atoms with Crippen molar-refractivity contribution in [3.8, 4) is 5.75 Å². The molecule has 4 heteroatoms. The van der Waals surface area contributed by atoms with Gasteiger partial charge in [-0.2, -0.15) is 0 Å². The van der Waals surface area contributed by atoms with Crippen molar-refractivity contribution >= 4 is 27.5 Å². The molecular weight excluding hydrogens is 340 g/mol. The molecule has 1 fully saturated rings. The zero-order valence-electron chi connectivity index (χ0n) is 11.9. The molecule has 1 aliphatic rings. The second kappa shape index (κ2) is 7.67. The molecule has 20 heavy (non-hydrogen) atoms. The number of hydrogen-bond donors (Lipinski definition) is 1. The Morgan fingerprint density at radius 2 is 2.05 bits per heavy atom. The average Bonchev–Trinajstić information content (AvgIpc) is 2.45. The SMILES string of the molecule is COc1c(Br)cc(Cl)cc1C(O)CCC1CCCCC1. The number of aliphatic hydroxyl groups is 1. The van der Waals surface area contributed by atoms with E-state index in [1.807, 2.05) is 0 Å². The minimum absolute atomic E-state index is 0.512. The fourth-order valence-electron chi connectivity index (χ4n) is 3.07. The summed E-state index contributed by atoms with van der Waals surface area (Å²) in [5, 5.41) is 11.1. The summed E-state index contributed by atoms with van der Waals surface area (Å²) in [4.78, 5) is 0. The first-order valence-corrected chi connectivity index (χ1v) is 8.50. The lowest BCUT2D eigenvalue weighted by Crippen LogP contribution is -2.09. The smallest absolute Gasteiger partial charge is 0.138 e. The molecule has 1 aromatic rings. The van der Waals surface area contributed by atoms with E-state index in [0.717, 1.165) is 28.8 Å². The van der Waals surface area contributed by atoms with Crippen LogP contribution in [0.5, 0.6) is 5.75 Å². The molecule has 0 radical (unpaired) electrons. The molecule has 0 aromatic heterocycles. The summed E-state index contributed by atoms with van der Waals surface area (Å²) < 4.78 is 6.17. The summed E-state index contributed by atoms with van der Waals surface area (Å²) in [5.74, 6) is 1.46. The van der Waals surface area contributed by atoms with Crippen molar-refractivity contribution in [1.82, 2.24) is 0 Å². The number of benzene rings is 1. The maximum Gasteiger partial charge on any atom is 0.138 e. The monoisotopic (exact) mass is 360 g/mol. The fraction of sp³-hybridized carbons (Fsp3) is 0.625. The molecule has 0 bridgehead atoms. The first-order chi connectivity index (χ1) is 9.61. The molecule has 1 N–H and O–H groups in total. The van der Waals surface area contributed by atoms with Crippen molar-refractivity contribution in [3.63, 3.8) is 0 Å². The van der Waals surface area contributed by atoms with Gasteiger partial charge in [0.1, 0.15) is 5.75 Å². The summed E-state index contributed by atoms with van der Waals surface area (Å²) in [6, 6.07) is 3.59. The molecule has 1 unspecified atom stereocenters. The lowest BCUT2D eigenvalue weighted by Gasteiger charge is -2.23. The van der Waals surface area contributed by atoms with Crippen molar-refractivity contribution in [3.05, 3.63) is 27.2 Å². The highest BCUT2D eigenvalue weighted by atomic mass is 79.9. The van der Waals surface area contributed by atoms with E-state index in [1.165, 1.54) is 32.1 Å². The second-order valence-electron chi connectivity index (χ2n) is 5.61. The Morgan fingerprint density at radius 1 is 1.35 bits per heavy atom. The molecule has 1 saturated carbocycles. The van der Waals surface area contributed by atoms with Crippen LogP contribution in [-0.4, -0.2) is 12.2 Å². The normalized spacial score (nSPS) is 18.0. The van der Waals surface area contributed by atoms with Crippen molar-refractivity contribution in [2.45, 2.75) is 51.0 Å². The Bertz CT molecular complexity index is 444. The van der Waals surface area contributed by atoms with Crippen LogP contribution in [0.15, 0.2) is 16.6 Å². The Labute approximate surface area is 134 Å². The van der Waals surface area contributed by atoms with Gasteiger partial charge in [0.25, 0.3) is 0 Å². The molecule has 0 aliphatic heterocycles. The molecule has 1 atom stereocenters. The van der Waals surface area contributed by atoms with Crippen LogP contribution in [0.1, 0.15) is 56.6 Å². The number of rotatable bonds is 5. The van der Waals surface area contributed by atoms with Crippen LogP contribution in [0.25, 0.3) is 0 Å². The van der Waals surface area contributed by atoms with Crippen molar-refractivity contribution < 1.29 is 9.84 Å². The molecule has 0 heterocycles. The molecule has 1 aliphatic carbocycles. The topological polar surface area (TPSA) is 29.5 Å². The van der Waals surface area contributed by atoms with Crippen LogP contribution in [0.4, 0.5) is 0 Å². The van der Waals surface area contributed by atoms with E-state index in [9.17, 15) is 5.11 Å². The molecule has 2 nitrogen and oxygen atoms in total. The standard InChI is InChI=1S/C16H22BrClO2/c1-20-16-13(9-12(18)10-14(16)17)15(19)8-7-11-5-3-2-4-6-11/h9-11,15,19H,2-8H2,1H3. The maximum absolute atomic E-state index is 10.5. The zero-order valence-corrected chi connectivity index (χ0v) is 14.2. The quantitative estimate of drug-likeness (QED) is 0.749. The Hall–Kier alpha value is -0.250. The lowest BCUT2D eigenvalue weighted by atomic mass is 9.85. The van der Waals surface area contributed by atoms with Crippen LogP contribution in [-0.2, 0) is 0 Å². The molecule has 1 aromatic carbocycles. The summed E-state index contributed by atoms with van der Waals surface area (Å²) in [5.41, 5.74) is 0.780. The summed E-state index contributed by atoms with van der Waals surface area (Å²) in [7, 11) is 1.62. The second-order valence-corrected chi connectivity index (χ2v) is 6.90. The van der Waals surface area contributed by atoms with Crippen LogP contribution in [0.2, 0.25) is 5.02 Å². The van der Waals surface area contributed by atoms with E-state index in [2.05, 4.69) is 15.9 Å². The van der Waals surface area contributed by atoms with E-state index in [-0.39, 0.29) is 0 Å². The van der Waals surface area contributed by atoms with E-state index in [1.54, 1.807) is 19.2 Å². The van der Waals surface area contributed by atoms with Gasteiger partial charge < -0.3 is 9.84 Å². The van der Waals surface area contributed by atoms with Gasteiger partial charge in [0, 0.05) is 10.6 Å². The summed E-state index contributed by atoms with van der Waals surface area (Å²) >= 11 is 9.51. The first kappa shape index (κ1) is 16.1. The van der Waals surface area contributed by atoms with Crippen molar-refractivity contribution in [1.29, 1.82) is 0 Å². The molecule has 112 valence electrons. The van der Waals surface area contributed by atoms with Gasteiger partial charge in [-0.15, -0.1) is 0 Å². The van der Waals surface area contributed by atoms with Gasteiger partial charge in [0.15, 0.2) is 0 Å². The van der Waals surface area contributed by atoms with Gasteiger partial charge in [-0.3, -0.25) is 0 Å².